The molecule has 10 heteroatoms. The van der Waals surface area contributed by atoms with E-state index in [0.717, 1.165) is 10.9 Å². The number of carbonyl (C=O) groups is 2. The van der Waals surface area contributed by atoms with E-state index in [0.29, 0.717) is 17.1 Å². The van der Waals surface area contributed by atoms with Crippen molar-refractivity contribution < 1.29 is 32.3 Å². The predicted octanol–water partition coefficient (Wildman–Crippen LogP) is 5.02. The van der Waals surface area contributed by atoms with E-state index in [1.54, 1.807) is 33.1 Å². The number of halogens is 2. The van der Waals surface area contributed by atoms with Crippen molar-refractivity contribution in [1.29, 1.82) is 0 Å². The number of nitrogens with zero attached hydrogens (tertiary/aromatic N) is 2. The van der Waals surface area contributed by atoms with Gasteiger partial charge in [0.1, 0.15) is 11.4 Å². The number of fused-ring (bicyclic) bond motifs is 1. The number of alkyl halides is 2. The SMILES string of the molecule is COc1cc(C2C=CC(C(=O)N3CCC(F)(F)CC3)C=N2)cc2cc(CNC(=O)OC(C)(C)C)oc12. The highest BCUT2D eigenvalue weighted by Gasteiger charge is 2.37. The molecule has 1 aromatic heterocycles. The number of furan rings is 1. The average Bonchev–Trinajstić information content (AvgIpc) is 3.24. The number of carbonyl (C=O) groups excluding carboxylic acids is 2. The maximum absolute atomic E-state index is 13.4. The molecular weight excluding hydrogens is 472 g/mol. The number of ether oxygens (including phenoxy) is 2. The Morgan fingerprint density at radius 3 is 2.53 bits per heavy atom. The summed E-state index contributed by atoms with van der Waals surface area (Å²) in [5.41, 5.74) is 0.777. The molecule has 0 aliphatic carbocycles. The van der Waals surface area contributed by atoms with E-state index in [4.69, 9.17) is 13.9 Å². The Morgan fingerprint density at radius 1 is 1.19 bits per heavy atom. The fourth-order valence-corrected chi connectivity index (χ4v) is 4.20. The molecule has 2 atom stereocenters. The summed E-state index contributed by atoms with van der Waals surface area (Å²) in [6, 6.07) is 5.21. The van der Waals surface area contributed by atoms with Crippen molar-refractivity contribution in [2.24, 2.45) is 10.9 Å². The lowest BCUT2D eigenvalue weighted by molar-refractivity contribution is -0.138. The molecule has 2 aliphatic heterocycles. The molecule has 2 amide bonds. The fraction of sp³-hybridized carbons (Fsp3) is 0.500. The second-order valence-corrected chi connectivity index (χ2v) is 10.0. The van der Waals surface area contributed by atoms with Gasteiger partial charge in [0.2, 0.25) is 5.91 Å². The summed E-state index contributed by atoms with van der Waals surface area (Å²) in [5, 5.41) is 3.45. The topological polar surface area (TPSA) is 93.4 Å². The maximum atomic E-state index is 13.4. The van der Waals surface area contributed by atoms with E-state index in [2.05, 4.69) is 10.3 Å². The molecule has 194 valence electrons. The highest BCUT2D eigenvalue weighted by molar-refractivity contribution is 5.96. The third-order valence-corrected chi connectivity index (χ3v) is 6.02. The first-order valence-electron chi connectivity index (χ1n) is 11.9. The Bertz CT molecular complexity index is 1170. The Kier molecular flexibility index (Phi) is 7.06. The zero-order valence-corrected chi connectivity index (χ0v) is 20.8. The Balaban J connectivity index is 1.44. The summed E-state index contributed by atoms with van der Waals surface area (Å²) in [7, 11) is 1.54. The molecule has 1 aromatic carbocycles. The van der Waals surface area contributed by atoms with Crippen LogP contribution >= 0.6 is 0 Å². The summed E-state index contributed by atoms with van der Waals surface area (Å²) >= 11 is 0. The number of nitrogens with one attached hydrogen (secondary N) is 1. The van der Waals surface area contributed by atoms with E-state index in [9.17, 15) is 18.4 Å². The number of amides is 2. The van der Waals surface area contributed by atoms with Crippen LogP contribution in [-0.4, -0.2) is 54.8 Å². The van der Waals surface area contributed by atoms with Crippen LogP contribution in [-0.2, 0) is 16.1 Å². The molecule has 1 saturated heterocycles. The first-order valence-corrected chi connectivity index (χ1v) is 11.9. The van der Waals surface area contributed by atoms with E-state index >= 15 is 0 Å². The van der Waals surface area contributed by atoms with E-state index < -0.39 is 23.5 Å². The number of hydrogen-bond donors (Lipinski definition) is 1. The number of aliphatic imine (C=N–C) groups is 1. The van der Waals surface area contributed by atoms with Crippen molar-refractivity contribution in [1.82, 2.24) is 10.2 Å². The number of rotatable bonds is 5. The van der Waals surface area contributed by atoms with Crippen LogP contribution in [0.1, 0.15) is 51.0 Å². The molecule has 0 bridgehead atoms. The average molecular weight is 504 g/mol. The number of benzene rings is 1. The molecule has 8 nitrogen and oxygen atoms in total. The van der Waals surface area contributed by atoms with Crippen LogP contribution in [0.25, 0.3) is 11.0 Å². The highest BCUT2D eigenvalue weighted by Crippen LogP contribution is 2.35. The number of alkyl carbamates (subject to hydrolysis) is 1. The molecular formula is C26H31F2N3O5. The number of piperidine rings is 1. The second kappa shape index (κ2) is 9.91. The Hall–Kier alpha value is -3.43. The molecule has 1 fully saturated rings. The van der Waals surface area contributed by atoms with Gasteiger partial charge < -0.3 is 24.1 Å². The van der Waals surface area contributed by atoms with Gasteiger partial charge >= 0.3 is 6.09 Å². The van der Waals surface area contributed by atoms with Gasteiger partial charge in [0.15, 0.2) is 11.3 Å². The van der Waals surface area contributed by atoms with Crippen LogP contribution in [0.15, 0.2) is 39.8 Å². The van der Waals surface area contributed by atoms with Crippen LogP contribution in [0.5, 0.6) is 5.75 Å². The van der Waals surface area contributed by atoms with Crippen LogP contribution < -0.4 is 10.1 Å². The van der Waals surface area contributed by atoms with Crippen molar-refractivity contribution in [3.8, 4) is 5.75 Å². The Labute approximate surface area is 208 Å². The maximum Gasteiger partial charge on any atom is 0.408 e. The fourth-order valence-electron chi connectivity index (χ4n) is 4.20. The van der Waals surface area contributed by atoms with Crippen LogP contribution in [0, 0.1) is 5.92 Å². The summed E-state index contributed by atoms with van der Waals surface area (Å²) < 4.78 is 43.5. The normalized spacial score (nSPS) is 21.4. The molecule has 36 heavy (non-hydrogen) atoms. The number of hydrogen-bond acceptors (Lipinski definition) is 6. The van der Waals surface area contributed by atoms with E-state index in [-0.39, 0.29) is 44.4 Å². The van der Waals surface area contributed by atoms with Gasteiger partial charge in [-0.1, -0.05) is 12.2 Å². The zero-order valence-electron chi connectivity index (χ0n) is 20.8. The first-order chi connectivity index (χ1) is 16.9. The molecule has 2 unspecified atom stereocenters. The van der Waals surface area contributed by atoms with Gasteiger partial charge in [-0.05, 0) is 44.5 Å². The molecule has 0 radical (unpaired) electrons. The van der Waals surface area contributed by atoms with Gasteiger partial charge in [0.25, 0.3) is 5.92 Å². The third kappa shape index (κ3) is 6.03. The quantitative estimate of drug-likeness (QED) is 0.579. The largest absolute Gasteiger partial charge is 0.493 e. The minimum Gasteiger partial charge on any atom is -0.493 e. The van der Waals surface area contributed by atoms with Crippen molar-refractivity contribution >= 4 is 29.2 Å². The van der Waals surface area contributed by atoms with Crippen LogP contribution in [0.3, 0.4) is 0 Å². The van der Waals surface area contributed by atoms with Crippen molar-refractivity contribution in [3.05, 3.63) is 41.7 Å². The minimum absolute atomic E-state index is 0.0485. The predicted molar refractivity (Wildman–Crippen MR) is 130 cm³/mol. The highest BCUT2D eigenvalue weighted by atomic mass is 19.3. The van der Waals surface area contributed by atoms with Crippen molar-refractivity contribution in [3.63, 3.8) is 0 Å². The van der Waals surface area contributed by atoms with Gasteiger partial charge in [-0.3, -0.25) is 9.79 Å². The molecule has 4 rings (SSSR count). The summed E-state index contributed by atoms with van der Waals surface area (Å²) in [6.45, 7) is 5.61. The number of dihydropyridines is 1. The van der Waals surface area contributed by atoms with Gasteiger partial charge in [-0.15, -0.1) is 0 Å². The number of methoxy groups -OCH3 is 1. The van der Waals surface area contributed by atoms with Crippen molar-refractivity contribution in [2.75, 3.05) is 20.2 Å². The lowest BCUT2D eigenvalue weighted by Crippen LogP contribution is -2.45. The summed E-state index contributed by atoms with van der Waals surface area (Å²) in [6.07, 6.45) is 3.99. The van der Waals surface area contributed by atoms with Crippen molar-refractivity contribution in [2.45, 2.75) is 57.7 Å². The minimum atomic E-state index is -2.70. The van der Waals surface area contributed by atoms with Gasteiger partial charge in [-0.2, -0.15) is 0 Å². The van der Waals surface area contributed by atoms with Crippen LogP contribution in [0.4, 0.5) is 13.6 Å². The monoisotopic (exact) mass is 503 g/mol. The smallest absolute Gasteiger partial charge is 0.408 e. The van der Waals surface area contributed by atoms with Gasteiger partial charge in [-0.25, -0.2) is 13.6 Å². The molecule has 2 aliphatic rings. The first kappa shape index (κ1) is 25.7. The van der Waals surface area contributed by atoms with E-state index in [1.807, 2.05) is 24.3 Å². The second-order valence-electron chi connectivity index (χ2n) is 10.0. The Morgan fingerprint density at radius 2 is 1.92 bits per heavy atom. The summed E-state index contributed by atoms with van der Waals surface area (Å²) in [5.74, 6) is -2.43. The lowest BCUT2D eigenvalue weighted by Gasteiger charge is -2.33. The molecule has 0 spiro atoms. The molecule has 3 heterocycles. The standard InChI is InChI=1S/C26H31F2N3O5/c1-25(2,3)36-24(33)30-15-19-12-18-11-17(13-21(34-4)22(18)35-19)20-6-5-16(14-29-20)23(32)31-9-7-26(27,28)8-10-31/h5-6,11-14,16,20H,7-10,15H2,1-4H3,(H,30,33). The van der Waals surface area contributed by atoms with Gasteiger partial charge in [0.05, 0.1) is 25.6 Å². The van der Waals surface area contributed by atoms with Crippen LogP contribution in [0.2, 0.25) is 0 Å². The van der Waals surface area contributed by atoms with Gasteiger partial charge in [0, 0.05) is 37.5 Å². The summed E-state index contributed by atoms with van der Waals surface area (Å²) in [4.78, 5) is 30.7. The molecule has 0 saturated carbocycles. The molecule has 1 N–H and O–H groups in total. The number of likely N-dealkylation sites (tertiary alicyclic amines) is 1. The molecule has 2 aromatic rings. The zero-order chi connectivity index (χ0) is 26.1. The van der Waals surface area contributed by atoms with E-state index in [1.165, 1.54) is 12.0 Å². The third-order valence-electron chi connectivity index (χ3n) is 6.02. The lowest BCUT2D eigenvalue weighted by atomic mass is 9.97.